The molecule has 114 valence electrons. The van der Waals surface area contributed by atoms with Gasteiger partial charge in [-0.05, 0) is 38.8 Å². The Morgan fingerprint density at radius 2 is 2.00 bits per heavy atom. The Hall–Kier alpha value is -1.42. The molecule has 4 nitrogen and oxygen atoms in total. The van der Waals surface area contributed by atoms with Crippen molar-refractivity contribution in [3.63, 3.8) is 0 Å². The third-order valence-electron chi connectivity index (χ3n) is 5.02. The average Bonchev–Trinajstić information content (AvgIpc) is 2.48. The molecule has 1 aromatic rings. The van der Waals surface area contributed by atoms with Gasteiger partial charge in [-0.1, -0.05) is 19.3 Å². The Balaban J connectivity index is 1.90. The van der Waals surface area contributed by atoms with E-state index in [-0.39, 0.29) is 11.4 Å². The number of nitrogens with one attached hydrogen (secondary N) is 1. The van der Waals surface area contributed by atoms with E-state index in [1.807, 2.05) is 26.0 Å². The highest BCUT2D eigenvalue weighted by molar-refractivity contribution is 5.95. The second-order valence-corrected chi connectivity index (χ2v) is 6.50. The molecule has 1 N–H and O–H groups in total. The van der Waals surface area contributed by atoms with Crippen LogP contribution in [0.3, 0.4) is 0 Å². The van der Waals surface area contributed by atoms with Gasteiger partial charge >= 0.3 is 0 Å². The average molecular weight is 287 g/mol. The first kappa shape index (κ1) is 14.5. The highest BCUT2D eigenvalue weighted by Crippen LogP contribution is 2.35. The summed E-state index contributed by atoms with van der Waals surface area (Å²) < 4.78 is 0. The van der Waals surface area contributed by atoms with Gasteiger partial charge in [0.15, 0.2) is 0 Å². The van der Waals surface area contributed by atoms with Gasteiger partial charge in [0.2, 0.25) is 0 Å². The lowest BCUT2D eigenvalue weighted by molar-refractivity contribution is 0.0221. The van der Waals surface area contributed by atoms with Crippen molar-refractivity contribution in [1.29, 1.82) is 0 Å². The zero-order valence-corrected chi connectivity index (χ0v) is 13.1. The molecule has 21 heavy (non-hydrogen) atoms. The second-order valence-electron chi connectivity index (χ2n) is 6.50. The number of aromatic nitrogens is 1. The first-order chi connectivity index (χ1) is 10.1. The van der Waals surface area contributed by atoms with Crippen molar-refractivity contribution in [2.45, 2.75) is 51.5 Å². The highest BCUT2D eigenvalue weighted by Gasteiger charge is 2.42. The number of pyridine rings is 1. The van der Waals surface area contributed by atoms with Crippen molar-refractivity contribution in [2.75, 3.05) is 19.6 Å². The summed E-state index contributed by atoms with van der Waals surface area (Å²) in [6, 6.07) is 3.88. The second kappa shape index (κ2) is 5.76. The quantitative estimate of drug-likeness (QED) is 0.863. The SMILES string of the molecule is Cc1ccc(C(=O)N2CCNCC23CCCCC3)c(C)n1. The van der Waals surface area contributed by atoms with Gasteiger partial charge in [-0.2, -0.15) is 0 Å². The molecule has 1 aliphatic heterocycles. The van der Waals surface area contributed by atoms with Gasteiger partial charge in [-0.3, -0.25) is 9.78 Å². The van der Waals surface area contributed by atoms with Crippen LogP contribution >= 0.6 is 0 Å². The van der Waals surface area contributed by atoms with Crippen molar-refractivity contribution >= 4 is 5.91 Å². The normalized spacial score (nSPS) is 21.5. The van der Waals surface area contributed by atoms with Crippen LogP contribution in [0, 0.1) is 13.8 Å². The number of rotatable bonds is 1. The van der Waals surface area contributed by atoms with Gasteiger partial charge in [0.05, 0.1) is 16.8 Å². The smallest absolute Gasteiger partial charge is 0.256 e. The number of hydrogen-bond acceptors (Lipinski definition) is 3. The summed E-state index contributed by atoms with van der Waals surface area (Å²) in [6.45, 7) is 6.56. The van der Waals surface area contributed by atoms with E-state index in [1.54, 1.807) is 0 Å². The van der Waals surface area contributed by atoms with E-state index < -0.39 is 0 Å². The molecule has 1 aliphatic carbocycles. The molecular formula is C17H25N3O. The monoisotopic (exact) mass is 287 g/mol. The molecule has 1 amide bonds. The Morgan fingerprint density at radius 3 is 2.71 bits per heavy atom. The van der Waals surface area contributed by atoms with Crippen molar-refractivity contribution in [2.24, 2.45) is 0 Å². The van der Waals surface area contributed by atoms with Gasteiger partial charge in [-0.15, -0.1) is 0 Å². The summed E-state index contributed by atoms with van der Waals surface area (Å²) in [5.74, 6) is 0.170. The Bertz CT molecular complexity index is 527. The largest absolute Gasteiger partial charge is 0.330 e. The molecule has 0 unspecified atom stereocenters. The van der Waals surface area contributed by atoms with E-state index in [9.17, 15) is 4.79 Å². The van der Waals surface area contributed by atoms with Gasteiger partial charge < -0.3 is 10.2 Å². The minimum atomic E-state index is 0.0326. The summed E-state index contributed by atoms with van der Waals surface area (Å²) in [5.41, 5.74) is 2.62. The lowest BCUT2D eigenvalue weighted by Gasteiger charge is -2.50. The summed E-state index contributed by atoms with van der Waals surface area (Å²) in [5, 5.41) is 3.50. The molecule has 2 aliphatic rings. The lowest BCUT2D eigenvalue weighted by atomic mass is 9.78. The third-order valence-corrected chi connectivity index (χ3v) is 5.02. The fourth-order valence-electron chi connectivity index (χ4n) is 3.88. The van der Waals surface area contributed by atoms with Crippen molar-refractivity contribution in [3.8, 4) is 0 Å². The Kier molecular flexibility index (Phi) is 3.98. The highest BCUT2D eigenvalue weighted by atomic mass is 16.2. The molecule has 0 radical (unpaired) electrons. The van der Waals surface area contributed by atoms with Crippen LogP contribution in [0.4, 0.5) is 0 Å². The van der Waals surface area contributed by atoms with E-state index in [1.165, 1.54) is 19.3 Å². The van der Waals surface area contributed by atoms with Crippen molar-refractivity contribution < 1.29 is 4.79 Å². The fraction of sp³-hybridized carbons (Fsp3) is 0.647. The van der Waals surface area contributed by atoms with E-state index in [2.05, 4.69) is 15.2 Å². The zero-order valence-electron chi connectivity index (χ0n) is 13.1. The number of nitrogens with zero attached hydrogens (tertiary/aromatic N) is 2. The number of aryl methyl sites for hydroxylation is 2. The molecule has 1 saturated heterocycles. The van der Waals surface area contributed by atoms with Crippen LogP contribution in [-0.4, -0.2) is 41.0 Å². The van der Waals surface area contributed by atoms with Crippen LogP contribution in [0.25, 0.3) is 0 Å². The van der Waals surface area contributed by atoms with Crippen LogP contribution < -0.4 is 5.32 Å². The molecule has 2 heterocycles. The van der Waals surface area contributed by atoms with Gasteiger partial charge in [0, 0.05) is 25.3 Å². The summed E-state index contributed by atoms with van der Waals surface area (Å²) >= 11 is 0. The topological polar surface area (TPSA) is 45.2 Å². The maximum Gasteiger partial charge on any atom is 0.256 e. The molecule has 0 bridgehead atoms. The van der Waals surface area contributed by atoms with Gasteiger partial charge in [0.25, 0.3) is 5.91 Å². The van der Waals surface area contributed by atoms with E-state index in [0.717, 1.165) is 49.4 Å². The van der Waals surface area contributed by atoms with E-state index in [4.69, 9.17) is 0 Å². The van der Waals surface area contributed by atoms with Gasteiger partial charge in [-0.25, -0.2) is 0 Å². The zero-order chi connectivity index (χ0) is 14.9. The van der Waals surface area contributed by atoms with Crippen molar-refractivity contribution in [1.82, 2.24) is 15.2 Å². The lowest BCUT2D eigenvalue weighted by Crippen LogP contribution is -2.63. The first-order valence-corrected chi connectivity index (χ1v) is 8.09. The maximum absolute atomic E-state index is 13.1. The number of carbonyl (C=O) groups is 1. The van der Waals surface area contributed by atoms with E-state index >= 15 is 0 Å². The summed E-state index contributed by atoms with van der Waals surface area (Å²) in [4.78, 5) is 19.7. The Labute approximate surface area is 126 Å². The van der Waals surface area contributed by atoms with Crippen LogP contribution in [0.2, 0.25) is 0 Å². The van der Waals surface area contributed by atoms with Crippen molar-refractivity contribution in [3.05, 3.63) is 29.1 Å². The molecule has 3 rings (SSSR count). The summed E-state index contributed by atoms with van der Waals surface area (Å²) in [6.07, 6.45) is 6.02. The van der Waals surface area contributed by atoms with Crippen LogP contribution in [0.15, 0.2) is 12.1 Å². The van der Waals surface area contributed by atoms with E-state index in [0.29, 0.717) is 0 Å². The Morgan fingerprint density at radius 1 is 1.24 bits per heavy atom. The molecule has 4 heteroatoms. The molecule has 1 spiro atoms. The fourth-order valence-corrected chi connectivity index (χ4v) is 3.88. The van der Waals surface area contributed by atoms with Crippen LogP contribution in [0.5, 0.6) is 0 Å². The predicted molar refractivity (Wildman–Crippen MR) is 83.4 cm³/mol. The maximum atomic E-state index is 13.1. The number of hydrogen-bond donors (Lipinski definition) is 1. The molecule has 2 fully saturated rings. The molecule has 1 saturated carbocycles. The minimum Gasteiger partial charge on any atom is -0.330 e. The molecular weight excluding hydrogens is 262 g/mol. The first-order valence-electron chi connectivity index (χ1n) is 8.09. The predicted octanol–water partition coefficient (Wildman–Crippen LogP) is 2.45. The third kappa shape index (κ3) is 2.69. The van der Waals surface area contributed by atoms with Crippen LogP contribution in [-0.2, 0) is 0 Å². The minimum absolute atomic E-state index is 0.0326. The standard InChI is InChI=1S/C17H25N3O/c1-13-6-7-15(14(2)19-13)16(21)20-11-10-18-12-17(20)8-4-3-5-9-17/h6-7,18H,3-5,8-12H2,1-2H3. The number of amides is 1. The number of carbonyl (C=O) groups excluding carboxylic acids is 1. The molecule has 0 aromatic carbocycles. The number of piperazine rings is 1. The summed E-state index contributed by atoms with van der Waals surface area (Å²) in [7, 11) is 0. The van der Waals surface area contributed by atoms with Crippen LogP contribution in [0.1, 0.15) is 53.8 Å². The molecule has 1 aromatic heterocycles. The van der Waals surface area contributed by atoms with Gasteiger partial charge in [0.1, 0.15) is 0 Å². The molecule has 0 atom stereocenters.